The molecule has 2 aliphatic rings. The van der Waals surface area contributed by atoms with Crippen molar-refractivity contribution >= 4 is 17.2 Å². The Kier molecular flexibility index (Phi) is 5.38. The lowest BCUT2D eigenvalue weighted by atomic mass is 10.1. The van der Waals surface area contributed by atoms with Gasteiger partial charge in [0.2, 0.25) is 0 Å². The number of carbonyl (C=O) groups is 1. The summed E-state index contributed by atoms with van der Waals surface area (Å²) in [4.78, 5) is 21.7. The number of aryl methyl sites for hydroxylation is 1. The number of anilines is 1. The van der Waals surface area contributed by atoms with E-state index in [2.05, 4.69) is 52.0 Å². The fraction of sp³-hybridized carbons (Fsp3) is 0.417. The van der Waals surface area contributed by atoms with Crippen LogP contribution in [0.15, 0.2) is 36.5 Å². The zero-order valence-corrected chi connectivity index (χ0v) is 18.2. The number of carbonyl (C=O) groups excluding carboxylic acids is 1. The monoisotopic (exact) mass is 419 g/mol. The highest BCUT2D eigenvalue weighted by Gasteiger charge is 2.26. The van der Waals surface area contributed by atoms with Crippen LogP contribution < -0.4 is 15.0 Å². The summed E-state index contributed by atoms with van der Waals surface area (Å²) < 4.78 is 7.89. The summed E-state index contributed by atoms with van der Waals surface area (Å²) in [5, 5.41) is 3.48. The average molecular weight is 420 g/mol. The van der Waals surface area contributed by atoms with Crippen molar-refractivity contribution in [2.24, 2.45) is 0 Å². The highest BCUT2D eigenvalue weighted by Crippen LogP contribution is 2.37. The Morgan fingerprint density at radius 2 is 2.10 bits per heavy atom. The van der Waals surface area contributed by atoms with Crippen LogP contribution in [0.5, 0.6) is 5.75 Å². The summed E-state index contributed by atoms with van der Waals surface area (Å²) in [6, 6.07) is 10.3. The number of fused-ring (bicyclic) bond motifs is 2. The van der Waals surface area contributed by atoms with Gasteiger partial charge in [-0.2, -0.15) is 0 Å². The van der Waals surface area contributed by atoms with Gasteiger partial charge in [0.1, 0.15) is 11.4 Å². The first-order valence-corrected chi connectivity index (χ1v) is 11.1. The minimum atomic E-state index is -0.00436. The van der Waals surface area contributed by atoms with E-state index in [0.717, 1.165) is 73.0 Å². The molecule has 31 heavy (non-hydrogen) atoms. The summed E-state index contributed by atoms with van der Waals surface area (Å²) in [5.74, 6) is 0.751. The lowest BCUT2D eigenvalue weighted by Gasteiger charge is -2.28. The van der Waals surface area contributed by atoms with Crippen LogP contribution in [0.25, 0.3) is 16.9 Å². The predicted octanol–water partition coefficient (Wildman–Crippen LogP) is 2.85. The molecule has 2 aromatic heterocycles. The number of imidazole rings is 1. The summed E-state index contributed by atoms with van der Waals surface area (Å²) in [6.45, 7) is 9.83. The highest BCUT2D eigenvalue weighted by molar-refractivity contribution is 5.98. The van der Waals surface area contributed by atoms with Gasteiger partial charge in [0.25, 0.3) is 5.91 Å². The first-order chi connectivity index (χ1) is 15.2. The molecule has 3 aromatic rings. The SMILES string of the molecule is CCN1C(=O)COc2ccc(-c3nc4c(C)cccn4c3CN3CCCNCC3)cc21. The molecule has 0 atom stereocenters. The van der Waals surface area contributed by atoms with Crippen molar-refractivity contribution in [3.63, 3.8) is 0 Å². The molecule has 4 heterocycles. The Bertz CT molecular complexity index is 1110. The highest BCUT2D eigenvalue weighted by atomic mass is 16.5. The largest absolute Gasteiger partial charge is 0.482 e. The Labute approximate surface area is 182 Å². The van der Waals surface area contributed by atoms with E-state index in [4.69, 9.17) is 9.72 Å². The molecular formula is C24H29N5O2. The van der Waals surface area contributed by atoms with E-state index in [1.807, 2.05) is 13.0 Å². The fourth-order valence-corrected chi connectivity index (χ4v) is 4.60. The Morgan fingerprint density at radius 3 is 2.97 bits per heavy atom. The Hall–Kier alpha value is -2.90. The second kappa shape index (κ2) is 8.32. The van der Waals surface area contributed by atoms with Crippen molar-refractivity contribution in [3.8, 4) is 17.0 Å². The molecule has 1 saturated heterocycles. The van der Waals surface area contributed by atoms with Gasteiger partial charge < -0.3 is 19.4 Å². The molecule has 0 bridgehead atoms. The first-order valence-electron chi connectivity index (χ1n) is 11.1. The van der Waals surface area contributed by atoms with E-state index >= 15 is 0 Å². The van der Waals surface area contributed by atoms with Gasteiger partial charge in [0, 0.05) is 37.9 Å². The minimum absolute atomic E-state index is 0.00436. The van der Waals surface area contributed by atoms with Crippen molar-refractivity contribution in [3.05, 3.63) is 47.8 Å². The lowest BCUT2D eigenvalue weighted by molar-refractivity contribution is -0.121. The van der Waals surface area contributed by atoms with Gasteiger partial charge in [0.15, 0.2) is 6.61 Å². The van der Waals surface area contributed by atoms with E-state index in [1.54, 1.807) is 4.90 Å². The second-order valence-electron chi connectivity index (χ2n) is 8.28. The predicted molar refractivity (Wildman–Crippen MR) is 122 cm³/mol. The number of aromatic nitrogens is 2. The quantitative estimate of drug-likeness (QED) is 0.705. The number of likely N-dealkylation sites (N-methyl/N-ethyl adjacent to an activating group) is 1. The number of hydrogen-bond donors (Lipinski definition) is 1. The van der Waals surface area contributed by atoms with E-state index < -0.39 is 0 Å². The van der Waals surface area contributed by atoms with Crippen molar-refractivity contribution in [1.82, 2.24) is 19.6 Å². The number of hydrogen-bond acceptors (Lipinski definition) is 5. The standard InChI is InChI=1S/C24H29N5O2/c1-3-28-19-14-18(7-8-21(19)31-16-22(28)30)23-20(15-27-11-5-9-25-10-13-27)29-12-4-6-17(2)24(29)26-23/h4,6-8,12,14,25H,3,5,9-11,13,15-16H2,1-2H3. The van der Waals surface area contributed by atoms with E-state index in [0.29, 0.717) is 6.54 Å². The van der Waals surface area contributed by atoms with Crippen molar-refractivity contribution < 1.29 is 9.53 Å². The molecule has 1 amide bonds. The maximum atomic E-state index is 12.4. The second-order valence-corrected chi connectivity index (χ2v) is 8.28. The van der Waals surface area contributed by atoms with Crippen LogP contribution in [-0.2, 0) is 11.3 Å². The number of rotatable bonds is 4. The molecule has 0 unspecified atom stereocenters. The molecule has 162 valence electrons. The van der Waals surface area contributed by atoms with Gasteiger partial charge >= 0.3 is 0 Å². The minimum Gasteiger partial charge on any atom is -0.482 e. The zero-order valence-electron chi connectivity index (χ0n) is 18.2. The van der Waals surface area contributed by atoms with Crippen LogP contribution in [0.4, 0.5) is 5.69 Å². The maximum Gasteiger partial charge on any atom is 0.265 e. The van der Waals surface area contributed by atoms with Crippen LogP contribution >= 0.6 is 0 Å². The molecule has 0 saturated carbocycles. The van der Waals surface area contributed by atoms with Crippen LogP contribution in [0, 0.1) is 6.92 Å². The van der Waals surface area contributed by atoms with Gasteiger partial charge in [-0.3, -0.25) is 9.69 Å². The average Bonchev–Trinajstić information content (AvgIpc) is 2.95. The van der Waals surface area contributed by atoms with Gasteiger partial charge in [-0.1, -0.05) is 6.07 Å². The van der Waals surface area contributed by atoms with E-state index in [9.17, 15) is 4.79 Å². The molecule has 0 spiro atoms. The topological polar surface area (TPSA) is 62.1 Å². The molecule has 1 fully saturated rings. The molecule has 5 rings (SSSR count). The molecule has 0 aliphatic carbocycles. The third kappa shape index (κ3) is 3.68. The van der Waals surface area contributed by atoms with Crippen LogP contribution in [0.3, 0.4) is 0 Å². The molecule has 2 aliphatic heterocycles. The third-order valence-electron chi connectivity index (χ3n) is 6.24. The maximum absolute atomic E-state index is 12.4. The van der Waals surface area contributed by atoms with Gasteiger partial charge in [0.05, 0.1) is 17.1 Å². The van der Waals surface area contributed by atoms with Crippen LogP contribution in [0.1, 0.15) is 24.6 Å². The van der Waals surface area contributed by atoms with E-state index in [1.165, 1.54) is 5.69 Å². The summed E-state index contributed by atoms with van der Waals surface area (Å²) in [7, 11) is 0. The van der Waals surface area contributed by atoms with Gasteiger partial charge in [-0.05, 0) is 63.2 Å². The fourth-order valence-electron chi connectivity index (χ4n) is 4.60. The number of benzene rings is 1. The van der Waals surface area contributed by atoms with Crippen molar-refractivity contribution in [2.75, 3.05) is 44.2 Å². The van der Waals surface area contributed by atoms with Gasteiger partial charge in [-0.15, -0.1) is 0 Å². The van der Waals surface area contributed by atoms with E-state index in [-0.39, 0.29) is 12.5 Å². The smallest absolute Gasteiger partial charge is 0.265 e. The molecule has 0 radical (unpaired) electrons. The van der Waals surface area contributed by atoms with Crippen molar-refractivity contribution in [2.45, 2.75) is 26.8 Å². The number of nitrogens with zero attached hydrogens (tertiary/aromatic N) is 4. The zero-order chi connectivity index (χ0) is 21.4. The number of ether oxygens (including phenoxy) is 1. The van der Waals surface area contributed by atoms with Gasteiger partial charge in [-0.25, -0.2) is 4.98 Å². The molecule has 7 heteroatoms. The molecule has 7 nitrogen and oxygen atoms in total. The lowest BCUT2D eigenvalue weighted by Crippen LogP contribution is -2.38. The number of pyridine rings is 1. The normalized spacial score (nSPS) is 17.5. The number of nitrogens with one attached hydrogen (secondary N) is 1. The Balaban J connectivity index is 1.62. The summed E-state index contributed by atoms with van der Waals surface area (Å²) in [6.07, 6.45) is 3.25. The third-order valence-corrected chi connectivity index (χ3v) is 6.24. The summed E-state index contributed by atoms with van der Waals surface area (Å²) in [5.41, 5.74) is 6.14. The number of amides is 1. The molecule has 1 aromatic carbocycles. The van der Waals surface area contributed by atoms with Crippen LogP contribution in [-0.4, -0.2) is 59.5 Å². The molecular weight excluding hydrogens is 390 g/mol. The Morgan fingerprint density at radius 1 is 1.19 bits per heavy atom. The summed E-state index contributed by atoms with van der Waals surface area (Å²) >= 11 is 0. The van der Waals surface area contributed by atoms with Crippen molar-refractivity contribution in [1.29, 1.82) is 0 Å². The van der Waals surface area contributed by atoms with Crippen LogP contribution in [0.2, 0.25) is 0 Å². The first kappa shape index (κ1) is 20.0. The molecule has 1 N–H and O–H groups in total.